The maximum Gasteiger partial charge on any atom is 0.276 e. The highest BCUT2D eigenvalue weighted by molar-refractivity contribution is 5.92. The smallest absolute Gasteiger partial charge is 0.276 e. The summed E-state index contributed by atoms with van der Waals surface area (Å²) in [5.74, 6) is 0.553. The van der Waals surface area contributed by atoms with E-state index in [1.165, 1.54) is 0 Å². The van der Waals surface area contributed by atoms with Crippen LogP contribution in [0.15, 0.2) is 10.6 Å². The molecule has 6 nitrogen and oxygen atoms in total. The molecule has 0 aliphatic carbocycles. The lowest BCUT2D eigenvalue weighted by atomic mass is 9.87. The third-order valence-corrected chi connectivity index (χ3v) is 4.12. The molecule has 104 valence electrons. The van der Waals surface area contributed by atoms with Gasteiger partial charge in [-0.3, -0.25) is 4.79 Å². The van der Waals surface area contributed by atoms with Gasteiger partial charge in [0.05, 0.1) is 0 Å². The average Bonchev–Trinajstić information content (AvgIpc) is 3.13. The van der Waals surface area contributed by atoms with Crippen LogP contribution in [0.1, 0.15) is 29.1 Å². The van der Waals surface area contributed by atoms with E-state index in [4.69, 9.17) is 9.26 Å². The van der Waals surface area contributed by atoms with Gasteiger partial charge in [-0.15, -0.1) is 0 Å². The van der Waals surface area contributed by atoms with E-state index in [2.05, 4.69) is 10.5 Å². The van der Waals surface area contributed by atoms with Crippen LogP contribution in [0.4, 0.5) is 0 Å². The third kappa shape index (κ3) is 2.37. The van der Waals surface area contributed by atoms with Gasteiger partial charge < -0.3 is 19.5 Å². The quantitative estimate of drug-likeness (QED) is 0.869. The number of rotatable bonds is 3. The molecule has 0 saturated carbocycles. The summed E-state index contributed by atoms with van der Waals surface area (Å²) >= 11 is 0. The van der Waals surface area contributed by atoms with Gasteiger partial charge in [-0.05, 0) is 19.4 Å². The molecule has 0 bridgehead atoms. The van der Waals surface area contributed by atoms with Crippen LogP contribution in [0.2, 0.25) is 0 Å². The van der Waals surface area contributed by atoms with Gasteiger partial charge in [-0.25, -0.2) is 0 Å². The number of carbonyl (C=O) groups excluding carboxylic acids is 1. The van der Waals surface area contributed by atoms with Crippen molar-refractivity contribution in [1.82, 2.24) is 15.4 Å². The maximum atomic E-state index is 12.3. The zero-order chi connectivity index (χ0) is 13.3. The normalized spacial score (nSPS) is 26.5. The van der Waals surface area contributed by atoms with Gasteiger partial charge in [0, 0.05) is 38.2 Å². The molecule has 2 aliphatic heterocycles. The Bertz CT molecular complexity index is 465. The van der Waals surface area contributed by atoms with Gasteiger partial charge in [0.1, 0.15) is 6.61 Å². The molecule has 2 aliphatic rings. The van der Waals surface area contributed by atoms with Crippen molar-refractivity contribution in [3.8, 4) is 0 Å². The summed E-state index contributed by atoms with van der Waals surface area (Å²) in [5.41, 5.74) is 0.671. The number of hydrogen-bond acceptors (Lipinski definition) is 5. The minimum atomic E-state index is -0.0325. The Hall–Kier alpha value is -1.40. The largest absolute Gasteiger partial charge is 0.377 e. The number of methoxy groups -OCH3 is 1. The molecule has 6 heteroatoms. The molecular weight excluding hydrogens is 246 g/mol. The molecule has 2 fully saturated rings. The van der Waals surface area contributed by atoms with Crippen molar-refractivity contribution in [3.63, 3.8) is 0 Å². The van der Waals surface area contributed by atoms with Gasteiger partial charge in [0.15, 0.2) is 11.5 Å². The molecule has 2 saturated heterocycles. The Morgan fingerprint density at radius 2 is 2.53 bits per heavy atom. The minimum absolute atomic E-state index is 0.0325. The molecule has 1 spiro atoms. The second-order valence-electron chi connectivity index (χ2n) is 5.51. The Kier molecular flexibility index (Phi) is 3.28. The topological polar surface area (TPSA) is 67.6 Å². The molecule has 1 atom stereocenters. The van der Waals surface area contributed by atoms with Crippen molar-refractivity contribution in [3.05, 3.63) is 17.5 Å². The molecule has 1 aromatic heterocycles. The van der Waals surface area contributed by atoms with E-state index in [-0.39, 0.29) is 11.3 Å². The lowest BCUT2D eigenvalue weighted by molar-refractivity contribution is 0.0765. The van der Waals surface area contributed by atoms with Crippen molar-refractivity contribution in [2.45, 2.75) is 19.4 Å². The molecule has 19 heavy (non-hydrogen) atoms. The molecule has 3 heterocycles. The SMILES string of the molecule is COCc1cc(C(=O)N2CCC3(CCNC3)C2)no1. The summed E-state index contributed by atoms with van der Waals surface area (Å²) in [4.78, 5) is 14.2. The number of nitrogens with zero attached hydrogens (tertiary/aromatic N) is 2. The zero-order valence-corrected chi connectivity index (χ0v) is 11.1. The van der Waals surface area contributed by atoms with Crippen molar-refractivity contribution in [2.75, 3.05) is 33.3 Å². The molecule has 3 rings (SSSR count). The summed E-state index contributed by atoms with van der Waals surface area (Å²) in [7, 11) is 1.58. The van der Waals surface area contributed by atoms with Crippen molar-refractivity contribution in [1.29, 1.82) is 0 Å². The first-order chi connectivity index (χ1) is 9.22. The summed E-state index contributed by atoms with van der Waals surface area (Å²) in [6, 6.07) is 1.67. The standard InChI is InChI=1S/C13H19N3O3/c1-18-7-10-6-11(15-19-10)12(17)16-5-3-13(9-16)2-4-14-8-13/h6,14H,2-5,7-9H2,1H3. The molecule has 1 N–H and O–H groups in total. The van der Waals surface area contributed by atoms with Crippen molar-refractivity contribution >= 4 is 5.91 Å². The molecule has 1 amide bonds. The number of aromatic nitrogens is 1. The first kappa shape index (κ1) is 12.6. The summed E-state index contributed by atoms with van der Waals surface area (Å²) in [6.07, 6.45) is 2.24. The Labute approximate surface area is 112 Å². The lowest BCUT2D eigenvalue weighted by Crippen LogP contribution is -2.33. The van der Waals surface area contributed by atoms with Gasteiger partial charge in [0.25, 0.3) is 5.91 Å². The van der Waals surface area contributed by atoms with Crippen LogP contribution in [-0.4, -0.2) is 49.3 Å². The van der Waals surface area contributed by atoms with E-state index in [0.717, 1.165) is 39.0 Å². The maximum absolute atomic E-state index is 12.3. The first-order valence-electron chi connectivity index (χ1n) is 6.67. The van der Waals surface area contributed by atoms with E-state index in [1.807, 2.05) is 4.90 Å². The number of hydrogen-bond donors (Lipinski definition) is 1. The van der Waals surface area contributed by atoms with Crippen LogP contribution in [0, 0.1) is 5.41 Å². The van der Waals surface area contributed by atoms with E-state index in [1.54, 1.807) is 13.2 Å². The molecule has 1 unspecified atom stereocenters. The van der Waals surface area contributed by atoms with E-state index in [9.17, 15) is 4.79 Å². The Balaban J connectivity index is 1.67. The van der Waals surface area contributed by atoms with Crippen LogP contribution in [0.3, 0.4) is 0 Å². The zero-order valence-electron chi connectivity index (χ0n) is 11.1. The second kappa shape index (κ2) is 4.94. The molecule has 0 aromatic carbocycles. The van der Waals surface area contributed by atoms with Gasteiger partial charge in [-0.2, -0.15) is 0 Å². The summed E-state index contributed by atoms with van der Waals surface area (Å²) < 4.78 is 10.0. The van der Waals surface area contributed by atoms with Gasteiger partial charge >= 0.3 is 0 Å². The number of nitrogens with one attached hydrogen (secondary N) is 1. The predicted molar refractivity (Wildman–Crippen MR) is 67.7 cm³/mol. The fourth-order valence-corrected chi connectivity index (χ4v) is 3.04. The minimum Gasteiger partial charge on any atom is -0.377 e. The molecular formula is C13H19N3O3. The number of ether oxygens (including phenoxy) is 1. The van der Waals surface area contributed by atoms with Crippen LogP contribution < -0.4 is 5.32 Å². The highest BCUT2D eigenvalue weighted by Crippen LogP contribution is 2.36. The third-order valence-electron chi connectivity index (χ3n) is 4.12. The van der Waals surface area contributed by atoms with Crippen molar-refractivity contribution in [2.24, 2.45) is 5.41 Å². The fourth-order valence-electron chi connectivity index (χ4n) is 3.04. The monoisotopic (exact) mass is 265 g/mol. The van der Waals surface area contributed by atoms with E-state index >= 15 is 0 Å². The number of amides is 1. The number of likely N-dealkylation sites (tertiary alicyclic amines) is 1. The van der Waals surface area contributed by atoms with Crippen LogP contribution in [-0.2, 0) is 11.3 Å². The molecule has 0 radical (unpaired) electrons. The fraction of sp³-hybridized carbons (Fsp3) is 0.692. The Morgan fingerprint density at radius 3 is 3.26 bits per heavy atom. The summed E-state index contributed by atoms with van der Waals surface area (Å²) in [6.45, 7) is 4.06. The predicted octanol–water partition coefficient (Wildman–Crippen LogP) is 0.647. The van der Waals surface area contributed by atoms with Crippen LogP contribution >= 0.6 is 0 Å². The highest BCUT2D eigenvalue weighted by atomic mass is 16.5. The van der Waals surface area contributed by atoms with Gasteiger partial charge in [-0.1, -0.05) is 5.16 Å². The summed E-state index contributed by atoms with van der Waals surface area (Å²) in [5, 5.41) is 7.22. The Morgan fingerprint density at radius 1 is 1.63 bits per heavy atom. The van der Waals surface area contributed by atoms with E-state index in [0.29, 0.717) is 18.1 Å². The van der Waals surface area contributed by atoms with Crippen LogP contribution in [0.5, 0.6) is 0 Å². The number of carbonyl (C=O) groups is 1. The second-order valence-corrected chi connectivity index (χ2v) is 5.51. The lowest BCUT2D eigenvalue weighted by Gasteiger charge is -2.22. The van der Waals surface area contributed by atoms with Crippen molar-refractivity contribution < 1.29 is 14.1 Å². The van der Waals surface area contributed by atoms with E-state index < -0.39 is 0 Å². The first-order valence-corrected chi connectivity index (χ1v) is 6.67. The molecule has 1 aromatic rings. The highest BCUT2D eigenvalue weighted by Gasteiger charge is 2.42. The average molecular weight is 265 g/mol. The van der Waals surface area contributed by atoms with Gasteiger partial charge in [0.2, 0.25) is 0 Å². The van der Waals surface area contributed by atoms with Crippen LogP contribution in [0.25, 0.3) is 0 Å².